The minimum absolute atomic E-state index is 0.650. The molecule has 0 heterocycles. The first kappa shape index (κ1) is 28.3. The third-order valence-electron chi connectivity index (χ3n) is 7.33. The highest BCUT2D eigenvalue weighted by Gasteiger charge is 2.12. The first-order valence-electron chi connectivity index (χ1n) is 14.3. The summed E-state index contributed by atoms with van der Waals surface area (Å²) < 4.78 is 6.10. The second-order valence-electron chi connectivity index (χ2n) is 10.8. The van der Waals surface area contributed by atoms with Crippen LogP contribution in [0.5, 0.6) is 5.75 Å². The molecule has 4 rings (SSSR count). The van der Waals surface area contributed by atoms with Gasteiger partial charge in [0.1, 0.15) is 5.75 Å². The summed E-state index contributed by atoms with van der Waals surface area (Å²) >= 11 is 0. The van der Waals surface area contributed by atoms with Crippen LogP contribution in [0.1, 0.15) is 57.0 Å². The third kappa shape index (κ3) is 7.89. The van der Waals surface area contributed by atoms with E-state index in [1.54, 1.807) is 0 Å². The second-order valence-corrected chi connectivity index (χ2v) is 10.8. The van der Waals surface area contributed by atoms with E-state index < -0.39 is 0 Å². The van der Waals surface area contributed by atoms with Crippen LogP contribution in [-0.4, -0.2) is 19.7 Å². The smallest absolute Gasteiger partial charge is 0.142 e. The fourth-order valence-corrected chi connectivity index (χ4v) is 5.27. The molecule has 3 nitrogen and oxygen atoms in total. The van der Waals surface area contributed by atoms with Gasteiger partial charge >= 0.3 is 0 Å². The molecule has 0 radical (unpaired) electrons. The monoisotopic (exact) mass is 520 g/mol. The van der Waals surface area contributed by atoms with Gasteiger partial charge in [-0.05, 0) is 106 Å². The van der Waals surface area contributed by atoms with Crippen LogP contribution >= 0.6 is 0 Å². The van der Waals surface area contributed by atoms with Crippen molar-refractivity contribution in [3.8, 4) is 5.75 Å². The first-order chi connectivity index (χ1) is 18.8. The quantitative estimate of drug-likeness (QED) is 0.196. The van der Waals surface area contributed by atoms with E-state index in [9.17, 15) is 0 Å². The van der Waals surface area contributed by atoms with Crippen LogP contribution in [0.25, 0.3) is 0 Å². The van der Waals surface area contributed by atoms with E-state index in [2.05, 4.69) is 125 Å². The summed E-state index contributed by atoms with van der Waals surface area (Å²) in [6, 6.07) is 26.8. The maximum Gasteiger partial charge on any atom is 0.142 e. The molecular formula is C36H44N2O. The lowest BCUT2D eigenvalue weighted by Crippen LogP contribution is -2.09. The molecule has 0 saturated heterocycles. The molecule has 0 spiro atoms. The number of hydrogen-bond donors (Lipinski definition) is 2. The molecule has 4 aromatic carbocycles. The first-order valence-corrected chi connectivity index (χ1v) is 14.3. The Morgan fingerprint density at radius 3 is 1.46 bits per heavy atom. The molecule has 0 saturated carbocycles. The van der Waals surface area contributed by atoms with Crippen molar-refractivity contribution in [2.24, 2.45) is 0 Å². The van der Waals surface area contributed by atoms with E-state index in [1.165, 1.54) is 55.8 Å². The Morgan fingerprint density at radius 2 is 0.974 bits per heavy atom. The Morgan fingerprint density at radius 1 is 0.538 bits per heavy atom. The number of aryl methyl sites for hydroxylation is 5. The number of rotatable bonds is 12. The largest absolute Gasteiger partial charge is 0.492 e. The Balaban J connectivity index is 1.42. The minimum atomic E-state index is 0.650. The standard InChI is InChI=1S/C36H44N2O/c1-7-39-34-24-33(22-29(6)36(34)38-19-17-31-14-10-26(3)11-15-31)23-32-20-27(4)35(28(5)21-32)37-18-16-30-12-8-25(2)9-13-30/h8-15,20-22,24,37-38H,7,16-19,23H2,1-6H3. The summed E-state index contributed by atoms with van der Waals surface area (Å²) in [5, 5.41) is 7.33. The molecule has 3 heteroatoms. The summed E-state index contributed by atoms with van der Waals surface area (Å²) in [5.74, 6) is 0.944. The summed E-state index contributed by atoms with van der Waals surface area (Å²) in [6.45, 7) is 15.4. The number of nitrogens with one attached hydrogen (secondary N) is 2. The van der Waals surface area contributed by atoms with Crippen LogP contribution < -0.4 is 15.4 Å². The van der Waals surface area contributed by atoms with E-state index in [1.807, 2.05) is 0 Å². The highest BCUT2D eigenvalue weighted by Crippen LogP contribution is 2.32. The van der Waals surface area contributed by atoms with Crippen molar-refractivity contribution in [2.45, 2.75) is 60.8 Å². The summed E-state index contributed by atoms with van der Waals surface area (Å²) in [7, 11) is 0. The van der Waals surface area contributed by atoms with Crippen LogP contribution in [-0.2, 0) is 19.3 Å². The summed E-state index contributed by atoms with van der Waals surface area (Å²) in [6.07, 6.45) is 2.89. The van der Waals surface area contributed by atoms with Crippen molar-refractivity contribution in [3.05, 3.63) is 123 Å². The van der Waals surface area contributed by atoms with Gasteiger partial charge in [0.2, 0.25) is 0 Å². The maximum absolute atomic E-state index is 6.10. The fraction of sp³-hybridized carbons (Fsp3) is 0.333. The molecular weight excluding hydrogens is 476 g/mol. The van der Waals surface area contributed by atoms with E-state index in [0.29, 0.717) is 6.61 Å². The normalized spacial score (nSPS) is 10.9. The Kier molecular flexibility index (Phi) is 9.70. The molecule has 0 aliphatic heterocycles. The molecule has 204 valence electrons. The van der Waals surface area contributed by atoms with Crippen LogP contribution in [0, 0.1) is 34.6 Å². The zero-order chi connectivity index (χ0) is 27.8. The Labute approximate surface area is 235 Å². The van der Waals surface area contributed by atoms with Crippen molar-refractivity contribution < 1.29 is 4.74 Å². The van der Waals surface area contributed by atoms with Crippen molar-refractivity contribution in [1.29, 1.82) is 0 Å². The molecule has 4 aromatic rings. The average Bonchev–Trinajstić information content (AvgIpc) is 2.89. The molecule has 0 aliphatic carbocycles. The Bertz CT molecular complexity index is 1350. The van der Waals surface area contributed by atoms with Gasteiger partial charge in [-0.3, -0.25) is 0 Å². The molecule has 0 fully saturated rings. The highest BCUT2D eigenvalue weighted by atomic mass is 16.5. The van der Waals surface area contributed by atoms with Crippen molar-refractivity contribution in [1.82, 2.24) is 0 Å². The number of anilines is 2. The van der Waals surface area contributed by atoms with Crippen molar-refractivity contribution in [3.63, 3.8) is 0 Å². The molecule has 2 N–H and O–H groups in total. The number of ether oxygens (including phenoxy) is 1. The topological polar surface area (TPSA) is 33.3 Å². The zero-order valence-corrected chi connectivity index (χ0v) is 24.6. The molecule has 0 aromatic heterocycles. The lowest BCUT2D eigenvalue weighted by molar-refractivity contribution is 0.341. The molecule has 0 amide bonds. The van der Waals surface area contributed by atoms with E-state index in [0.717, 1.165) is 43.8 Å². The van der Waals surface area contributed by atoms with Crippen LogP contribution in [0.4, 0.5) is 11.4 Å². The van der Waals surface area contributed by atoms with Crippen LogP contribution in [0.2, 0.25) is 0 Å². The van der Waals surface area contributed by atoms with Gasteiger partial charge in [-0.25, -0.2) is 0 Å². The molecule has 0 aliphatic rings. The molecule has 0 unspecified atom stereocenters. The van der Waals surface area contributed by atoms with Gasteiger partial charge < -0.3 is 15.4 Å². The predicted octanol–water partition coefficient (Wildman–Crippen LogP) is 8.53. The molecule has 39 heavy (non-hydrogen) atoms. The van der Waals surface area contributed by atoms with Gasteiger partial charge in [0, 0.05) is 18.8 Å². The lowest BCUT2D eigenvalue weighted by Gasteiger charge is -2.18. The van der Waals surface area contributed by atoms with Gasteiger partial charge in [0.25, 0.3) is 0 Å². The van der Waals surface area contributed by atoms with Gasteiger partial charge in [-0.15, -0.1) is 0 Å². The van der Waals surface area contributed by atoms with Gasteiger partial charge in [-0.1, -0.05) is 77.9 Å². The lowest BCUT2D eigenvalue weighted by atomic mass is 9.97. The minimum Gasteiger partial charge on any atom is -0.492 e. The maximum atomic E-state index is 6.10. The number of hydrogen-bond acceptors (Lipinski definition) is 3. The predicted molar refractivity (Wildman–Crippen MR) is 168 cm³/mol. The average molecular weight is 521 g/mol. The van der Waals surface area contributed by atoms with Crippen molar-refractivity contribution >= 4 is 11.4 Å². The van der Waals surface area contributed by atoms with Gasteiger partial charge in [-0.2, -0.15) is 0 Å². The SMILES string of the molecule is CCOc1cc(Cc2cc(C)c(NCCc3ccc(C)cc3)c(C)c2)cc(C)c1NCCc1ccc(C)cc1. The molecule has 0 bridgehead atoms. The number of benzene rings is 4. The summed E-state index contributed by atoms with van der Waals surface area (Å²) in [4.78, 5) is 0. The highest BCUT2D eigenvalue weighted by molar-refractivity contribution is 5.64. The van der Waals surface area contributed by atoms with E-state index in [4.69, 9.17) is 4.74 Å². The zero-order valence-electron chi connectivity index (χ0n) is 24.6. The second kappa shape index (κ2) is 13.4. The Hall–Kier alpha value is -3.72. The molecule has 0 atom stereocenters. The van der Waals surface area contributed by atoms with Crippen molar-refractivity contribution in [2.75, 3.05) is 30.3 Å². The van der Waals surface area contributed by atoms with E-state index >= 15 is 0 Å². The van der Waals surface area contributed by atoms with Gasteiger partial charge in [0.15, 0.2) is 0 Å². The van der Waals surface area contributed by atoms with Gasteiger partial charge in [0.05, 0.1) is 12.3 Å². The third-order valence-corrected chi connectivity index (χ3v) is 7.33. The van der Waals surface area contributed by atoms with E-state index in [-0.39, 0.29) is 0 Å². The summed E-state index contributed by atoms with van der Waals surface area (Å²) in [5.41, 5.74) is 14.1. The fourth-order valence-electron chi connectivity index (χ4n) is 5.27. The van der Waals surface area contributed by atoms with Crippen LogP contribution in [0.15, 0.2) is 72.8 Å². The van der Waals surface area contributed by atoms with Crippen LogP contribution in [0.3, 0.4) is 0 Å².